The van der Waals surface area contributed by atoms with Gasteiger partial charge in [0.05, 0.1) is 19.3 Å². The Morgan fingerprint density at radius 3 is 2.86 bits per heavy atom. The molecule has 6 nitrogen and oxygen atoms in total. The van der Waals surface area contributed by atoms with Gasteiger partial charge < -0.3 is 19.3 Å². The molecule has 1 N–H and O–H groups in total. The molecule has 2 aliphatic rings. The maximum Gasteiger partial charge on any atom is 0.270 e. The number of aromatic nitrogens is 1. The third-order valence-corrected chi connectivity index (χ3v) is 4.34. The number of nitrogens with zero attached hydrogens (tertiary/aromatic N) is 3. The van der Waals surface area contributed by atoms with E-state index in [9.17, 15) is 9.90 Å². The Labute approximate surface area is 131 Å². The van der Waals surface area contributed by atoms with Crippen molar-refractivity contribution in [2.45, 2.75) is 25.0 Å². The summed E-state index contributed by atoms with van der Waals surface area (Å²) in [5.41, 5.74) is 0.726. The smallest absolute Gasteiger partial charge is 0.270 e. The van der Waals surface area contributed by atoms with Gasteiger partial charge in [-0.3, -0.25) is 9.69 Å². The van der Waals surface area contributed by atoms with Crippen LogP contribution in [0.2, 0.25) is 0 Å². The van der Waals surface area contributed by atoms with Crippen molar-refractivity contribution in [1.82, 2.24) is 14.4 Å². The van der Waals surface area contributed by atoms with Gasteiger partial charge in [-0.05, 0) is 25.0 Å². The number of aliphatic hydroxyl groups excluding tert-OH is 1. The van der Waals surface area contributed by atoms with Crippen molar-refractivity contribution in [1.29, 1.82) is 0 Å². The number of likely N-dealkylation sites (N-methyl/N-ethyl adjacent to an activating group) is 1. The summed E-state index contributed by atoms with van der Waals surface area (Å²) in [5, 5.41) is 10.2. The van der Waals surface area contributed by atoms with Gasteiger partial charge in [-0.1, -0.05) is 0 Å². The molecule has 1 aromatic rings. The van der Waals surface area contributed by atoms with E-state index >= 15 is 0 Å². The number of hydrogen-bond donors (Lipinski definition) is 1. The van der Waals surface area contributed by atoms with Gasteiger partial charge >= 0.3 is 0 Å². The Hall–Kier alpha value is -1.37. The number of hydrogen-bond acceptors (Lipinski definition) is 4. The van der Waals surface area contributed by atoms with Crippen molar-refractivity contribution < 1.29 is 14.6 Å². The minimum Gasteiger partial charge on any atom is -0.390 e. The molecular formula is C16H25N3O3. The maximum absolute atomic E-state index is 12.5. The van der Waals surface area contributed by atoms with Gasteiger partial charge in [-0.15, -0.1) is 0 Å². The number of aliphatic hydroxyl groups is 1. The highest BCUT2D eigenvalue weighted by Crippen LogP contribution is 2.36. The highest BCUT2D eigenvalue weighted by atomic mass is 16.5. The van der Waals surface area contributed by atoms with Crippen molar-refractivity contribution in [2.75, 3.05) is 46.4 Å². The van der Waals surface area contributed by atoms with Crippen molar-refractivity contribution in [3.63, 3.8) is 0 Å². The summed E-state index contributed by atoms with van der Waals surface area (Å²) in [6, 6.07) is 4.27. The quantitative estimate of drug-likeness (QED) is 0.836. The monoisotopic (exact) mass is 307 g/mol. The molecule has 0 aromatic carbocycles. The van der Waals surface area contributed by atoms with Crippen LogP contribution in [0, 0.1) is 0 Å². The lowest BCUT2D eigenvalue weighted by Crippen LogP contribution is -2.45. The zero-order valence-electron chi connectivity index (χ0n) is 13.1. The largest absolute Gasteiger partial charge is 0.390 e. The zero-order chi connectivity index (χ0) is 15.5. The standard InChI is InChI=1S/C16H25N3O3/c1-17(11-14(20)12-18-7-9-22-10-8-18)16(21)15-3-2-6-19(15)13-4-5-13/h2-3,6,13-14,20H,4-5,7-12H2,1H3. The molecule has 3 rings (SSSR count). The number of rotatable bonds is 6. The van der Waals surface area contributed by atoms with E-state index in [-0.39, 0.29) is 5.91 Å². The average molecular weight is 307 g/mol. The van der Waals surface area contributed by atoms with E-state index in [0.717, 1.165) is 44.8 Å². The Morgan fingerprint density at radius 2 is 2.18 bits per heavy atom. The number of morpholine rings is 1. The SMILES string of the molecule is CN(CC(O)CN1CCOCC1)C(=O)c1cccn1C1CC1. The summed E-state index contributed by atoms with van der Waals surface area (Å²) in [6.45, 7) is 4.07. The fraction of sp³-hybridized carbons (Fsp3) is 0.688. The predicted octanol–water partition coefficient (Wildman–Crippen LogP) is 0.588. The Kier molecular flexibility index (Phi) is 4.81. The molecule has 1 atom stereocenters. The third kappa shape index (κ3) is 3.69. The molecule has 0 radical (unpaired) electrons. The van der Waals surface area contributed by atoms with Crippen LogP contribution in [0.15, 0.2) is 18.3 Å². The van der Waals surface area contributed by atoms with E-state index in [1.807, 2.05) is 18.3 Å². The lowest BCUT2D eigenvalue weighted by molar-refractivity contribution is 0.00870. The summed E-state index contributed by atoms with van der Waals surface area (Å²) < 4.78 is 7.36. The third-order valence-electron chi connectivity index (χ3n) is 4.34. The van der Waals surface area contributed by atoms with Crippen LogP contribution in [-0.2, 0) is 4.74 Å². The Balaban J connectivity index is 1.52. The summed E-state index contributed by atoms with van der Waals surface area (Å²) >= 11 is 0. The van der Waals surface area contributed by atoms with Crippen LogP contribution in [0.5, 0.6) is 0 Å². The Bertz CT molecular complexity index is 506. The lowest BCUT2D eigenvalue weighted by atomic mass is 10.2. The molecule has 6 heteroatoms. The normalized spacial score (nSPS) is 20.8. The molecule has 2 heterocycles. The van der Waals surface area contributed by atoms with E-state index in [1.54, 1.807) is 11.9 Å². The first-order chi connectivity index (χ1) is 10.6. The second kappa shape index (κ2) is 6.81. The molecule has 22 heavy (non-hydrogen) atoms. The van der Waals surface area contributed by atoms with Crippen LogP contribution in [0.1, 0.15) is 29.4 Å². The minimum absolute atomic E-state index is 0.0158. The fourth-order valence-electron chi connectivity index (χ4n) is 2.98. The van der Waals surface area contributed by atoms with E-state index in [0.29, 0.717) is 19.1 Å². The first-order valence-electron chi connectivity index (χ1n) is 8.05. The molecule has 2 fully saturated rings. The van der Waals surface area contributed by atoms with Crippen LogP contribution in [0.25, 0.3) is 0 Å². The highest BCUT2D eigenvalue weighted by Gasteiger charge is 2.28. The van der Waals surface area contributed by atoms with Gasteiger partial charge in [-0.2, -0.15) is 0 Å². The molecule has 1 aliphatic carbocycles. The van der Waals surface area contributed by atoms with Crippen LogP contribution in [0.3, 0.4) is 0 Å². The topological polar surface area (TPSA) is 57.9 Å². The van der Waals surface area contributed by atoms with Crippen LogP contribution in [-0.4, -0.2) is 77.9 Å². The average Bonchev–Trinajstić information content (AvgIpc) is 3.24. The number of carbonyl (C=O) groups is 1. The van der Waals surface area contributed by atoms with E-state index in [1.165, 1.54) is 0 Å². The van der Waals surface area contributed by atoms with Gasteiger partial charge in [-0.25, -0.2) is 0 Å². The molecular weight excluding hydrogens is 282 g/mol. The second-order valence-corrected chi connectivity index (χ2v) is 6.28. The van der Waals surface area contributed by atoms with Crippen LogP contribution in [0.4, 0.5) is 0 Å². The molecule has 1 aliphatic heterocycles. The first-order valence-corrected chi connectivity index (χ1v) is 8.05. The van der Waals surface area contributed by atoms with Gasteiger partial charge in [0.25, 0.3) is 5.91 Å². The van der Waals surface area contributed by atoms with Gasteiger partial charge in [0, 0.05) is 45.5 Å². The zero-order valence-corrected chi connectivity index (χ0v) is 13.1. The molecule has 1 saturated carbocycles. The molecule has 122 valence electrons. The van der Waals surface area contributed by atoms with Crippen molar-refractivity contribution in [3.05, 3.63) is 24.0 Å². The number of carbonyl (C=O) groups excluding carboxylic acids is 1. The van der Waals surface area contributed by atoms with Crippen LogP contribution >= 0.6 is 0 Å². The number of β-amino-alcohol motifs (C(OH)–C–C–N with tert-alkyl or cyclic N) is 1. The van der Waals surface area contributed by atoms with Gasteiger partial charge in [0.2, 0.25) is 0 Å². The summed E-state index contributed by atoms with van der Waals surface area (Å²) in [6.07, 6.45) is 3.75. The molecule has 0 spiro atoms. The molecule has 1 aromatic heterocycles. The fourth-order valence-corrected chi connectivity index (χ4v) is 2.98. The second-order valence-electron chi connectivity index (χ2n) is 6.28. The Morgan fingerprint density at radius 1 is 1.45 bits per heavy atom. The van der Waals surface area contributed by atoms with E-state index in [2.05, 4.69) is 9.47 Å². The van der Waals surface area contributed by atoms with Crippen molar-refractivity contribution in [2.24, 2.45) is 0 Å². The summed E-state index contributed by atoms with van der Waals surface area (Å²) in [5.74, 6) is -0.0158. The maximum atomic E-state index is 12.5. The first kappa shape index (κ1) is 15.5. The molecule has 1 saturated heterocycles. The summed E-state index contributed by atoms with van der Waals surface area (Å²) in [4.78, 5) is 16.4. The van der Waals surface area contributed by atoms with Gasteiger partial charge in [0.15, 0.2) is 0 Å². The van der Waals surface area contributed by atoms with Crippen molar-refractivity contribution >= 4 is 5.91 Å². The van der Waals surface area contributed by atoms with Gasteiger partial charge in [0.1, 0.15) is 5.69 Å². The number of ether oxygens (including phenoxy) is 1. The molecule has 1 amide bonds. The van der Waals surface area contributed by atoms with Crippen molar-refractivity contribution in [3.8, 4) is 0 Å². The van der Waals surface area contributed by atoms with E-state index < -0.39 is 6.10 Å². The highest BCUT2D eigenvalue weighted by molar-refractivity contribution is 5.92. The summed E-state index contributed by atoms with van der Waals surface area (Å²) in [7, 11) is 1.76. The minimum atomic E-state index is -0.531. The molecule has 0 bridgehead atoms. The van der Waals surface area contributed by atoms with Crippen LogP contribution < -0.4 is 0 Å². The number of amides is 1. The predicted molar refractivity (Wildman–Crippen MR) is 82.9 cm³/mol. The molecule has 1 unspecified atom stereocenters. The van der Waals surface area contributed by atoms with E-state index in [4.69, 9.17) is 4.74 Å². The lowest BCUT2D eigenvalue weighted by Gasteiger charge is -2.30.